The number of hydrogen-bond donors (Lipinski definition) is 1. The Balaban J connectivity index is 1.64. The van der Waals surface area contributed by atoms with Crippen LogP contribution in [0.5, 0.6) is 5.75 Å². The number of nitrogens with one attached hydrogen (secondary N) is 1. The Hall–Kier alpha value is -3.60. The summed E-state index contributed by atoms with van der Waals surface area (Å²) in [5, 5.41) is 2.81. The molecule has 0 aliphatic rings. The van der Waals surface area contributed by atoms with Gasteiger partial charge in [0.1, 0.15) is 12.3 Å². The number of amides is 2. The molecule has 1 N–H and O–H groups in total. The van der Waals surface area contributed by atoms with E-state index in [0.717, 1.165) is 11.1 Å². The van der Waals surface area contributed by atoms with Crippen LogP contribution in [0.4, 0.5) is 5.69 Å². The Labute approximate surface area is 170 Å². The Bertz CT molecular complexity index is 952. The van der Waals surface area contributed by atoms with Gasteiger partial charge in [0.15, 0.2) is 0 Å². The van der Waals surface area contributed by atoms with Crippen LogP contribution in [0.3, 0.4) is 0 Å². The minimum Gasteiger partial charge on any atom is -0.497 e. The predicted molar refractivity (Wildman–Crippen MR) is 115 cm³/mol. The standard InChI is InChI=1S/C24H24N2O3/c1-3-26(17-23(27)25-21-13-15-22(29-2)16-14-21)24(28)20-11-9-19(10-12-20)18-7-5-4-6-8-18/h4-16H,3,17H2,1-2H3,(H,25,27). The van der Waals surface area contributed by atoms with E-state index < -0.39 is 0 Å². The van der Waals surface area contributed by atoms with Crippen LogP contribution in [-0.4, -0.2) is 36.9 Å². The lowest BCUT2D eigenvalue weighted by molar-refractivity contribution is -0.116. The molecule has 3 aromatic carbocycles. The summed E-state index contributed by atoms with van der Waals surface area (Å²) in [7, 11) is 1.59. The summed E-state index contributed by atoms with van der Waals surface area (Å²) in [4.78, 5) is 26.7. The molecule has 0 atom stereocenters. The van der Waals surface area contributed by atoms with E-state index in [1.807, 2.05) is 49.4 Å². The maximum Gasteiger partial charge on any atom is 0.254 e. The van der Waals surface area contributed by atoms with Crippen molar-refractivity contribution in [3.05, 3.63) is 84.4 Å². The van der Waals surface area contributed by atoms with Gasteiger partial charge in [-0.05, 0) is 54.4 Å². The van der Waals surface area contributed by atoms with Gasteiger partial charge in [-0.15, -0.1) is 0 Å². The summed E-state index contributed by atoms with van der Waals surface area (Å²) < 4.78 is 5.11. The maximum atomic E-state index is 12.8. The molecule has 0 aromatic heterocycles. The molecule has 0 saturated carbocycles. The van der Waals surface area contributed by atoms with Crippen molar-refractivity contribution < 1.29 is 14.3 Å². The molecule has 0 bridgehead atoms. The summed E-state index contributed by atoms with van der Waals surface area (Å²) in [5.41, 5.74) is 3.36. The zero-order chi connectivity index (χ0) is 20.6. The van der Waals surface area contributed by atoms with Crippen LogP contribution < -0.4 is 10.1 Å². The number of carbonyl (C=O) groups excluding carboxylic acids is 2. The van der Waals surface area contributed by atoms with Crippen molar-refractivity contribution in [1.82, 2.24) is 4.90 Å². The van der Waals surface area contributed by atoms with Crippen molar-refractivity contribution in [2.24, 2.45) is 0 Å². The van der Waals surface area contributed by atoms with Crippen molar-refractivity contribution in [3.8, 4) is 16.9 Å². The highest BCUT2D eigenvalue weighted by Crippen LogP contribution is 2.20. The van der Waals surface area contributed by atoms with Crippen LogP contribution in [0.2, 0.25) is 0 Å². The predicted octanol–water partition coefficient (Wildman–Crippen LogP) is 4.46. The second-order valence-corrected chi connectivity index (χ2v) is 6.54. The molecule has 5 heteroatoms. The average molecular weight is 388 g/mol. The number of anilines is 1. The SMILES string of the molecule is CCN(CC(=O)Nc1ccc(OC)cc1)C(=O)c1ccc(-c2ccccc2)cc1. The number of hydrogen-bond acceptors (Lipinski definition) is 3. The first-order valence-electron chi connectivity index (χ1n) is 9.49. The van der Waals surface area contributed by atoms with Gasteiger partial charge in [0.05, 0.1) is 7.11 Å². The van der Waals surface area contributed by atoms with Gasteiger partial charge in [-0.25, -0.2) is 0 Å². The number of methoxy groups -OCH3 is 1. The zero-order valence-corrected chi connectivity index (χ0v) is 16.6. The largest absolute Gasteiger partial charge is 0.497 e. The number of benzene rings is 3. The molecule has 0 unspecified atom stereocenters. The summed E-state index contributed by atoms with van der Waals surface area (Å²) in [5.74, 6) is 0.301. The molecule has 0 radical (unpaired) electrons. The van der Waals surface area contributed by atoms with E-state index in [9.17, 15) is 9.59 Å². The van der Waals surface area contributed by atoms with Gasteiger partial charge in [-0.1, -0.05) is 42.5 Å². The van der Waals surface area contributed by atoms with Crippen molar-refractivity contribution in [2.75, 3.05) is 25.5 Å². The third-order valence-electron chi connectivity index (χ3n) is 4.62. The van der Waals surface area contributed by atoms with Gasteiger partial charge in [0.2, 0.25) is 5.91 Å². The molecule has 148 valence electrons. The van der Waals surface area contributed by atoms with E-state index in [4.69, 9.17) is 4.74 Å². The fraction of sp³-hybridized carbons (Fsp3) is 0.167. The van der Waals surface area contributed by atoms with E-state index in [-0.39, 0.29) is 18.4 Å². The highest BCUT2D eigenvalue weighted by atomic mass is 16.5. The first-order chi connectivity index (χ1) is 14.1. The molecule has 0 heterocycles. The second kappa shape index (κ2) is 9.55. The van der Waals surface area contributed by atoms with Crippen LogP contribution >= 0.6 is 0 Å². The molecule has 0 aliphatic carbocycles. The molecule has 3 aromatic rings. The van der Waals surface area contributed by atoms with E-state index in [0.29, 0.717) is 23.5 Å². The Kier molecular flexibility index (Phi) is 6.63. The normalized spacial score (nSPS) is 10.3. The fourth-order valence-electron chi connectivity index (χ4n) is 2.99. The molecule has 0 saturated heterocycles. The summed E-state index contributed by atoms with van der Waals surface area (Å²) in [6.45, 7) is 2.29. The lowest BCUT2D eigenvalue weighted by Crippen LogP contribution is -2.37. The Morgan fingerprint density at radius 2 is 1.48 bits per heavy atom. The van der Waals surface area contributed by atoms with Gasteiger partial charge in [-0.3, -0.25) is 9.59 Å². The van der Waals surface area contributed by atoms with Crippen LogP contribution in [0.1, 0.15) is 17.3 Å². The van der Waals surface area contributed by atoms with Gasteiger partial charge in [0.25, 0.3) is 5.91 Å². The maximum absolute atomic E-state index is 12.8. The molecule has 2 amide bonds. The third-order valence-corrected chi connectivity index (χ3v) is 4.62. The second-order valence-electron chi connectivity index (χ2n) is 6.54. The molecule has 29 heavy (non-hydrogen) atoms. The molecular weight excluding hydrogens is 364 g/mol. The average Bonchev–Trinajstić information content (AvgIpc) is 2.78. The number of rotatable bonds is 7. The minimum atomic E-state index is -0.244. The number of ether oxygens (including phenoxy) is 1. The van der Waals surface area contributed by atoms with E-state index in [1.54, 1.807) is 43.5 Å². The van der Waals surface area contributed by atoms with Crippen molar-refractivity contribution in [2.45, 2.75) is 6.92 Å². The molecule has 0 aliphatic heterocycles. The highest BCUT2D eigenvalue weighted by Gasteiger charge is 2.17. The van der Waals surface area contributed by atoms with Gasteiger partial charge in [-0.2, -0.15) is 0 Å². The highest BCUT2D eigenvalue weighted by molar-refractivity contribution is 5.99. The molecule has 3 rings (SSSR count). The molecule has 0 fully saturated rings. The molecule has 0 spiro atoms. The Morgan fingerprint density at radius 3 is 2.07 bits per heavy atom. The smallest absolute Gasteiger partial charge is 0.254 e. The van der Waals surface area contributed by atoms with Crippen LogP contribution in [-0.2, 0) is 4.79 Å². The number of carbonyl (C=O) groups is 2. The topological polar surface area (TPSA) is 58.6 Å². The van der Waals surface area contributed by atoms with Gasteiger partial charge >= 0.3 is 0 Å². The van der Waals surface area contributed by atoms with Gasteiger partial charge < -0.3 is 15.0 Å². The first-order valence-corrected chi connectivity index (χ1v) is 9.49. The van der Waals surface area contributed by atoms with Crippen molar-refractivity contribution >= 4 is 17.5 Å². The lowest BCUT2D eigenvalue weighted by Gasteiger charge is -2.20. The summed E-state index contributed by atoms with van der Waals surface area (Å²) >= 11 is 0. The minimum absolute atomic E-state index is 0.0121. The third kappa shape index (κ3) is 5.23. The van der Waals surface area contributed by atoms with E-state index in [2.05, 4.69) is 5.32 Å². The van der Waals surface area contributed by atoms with E-state index in [1.165, 1.54) is 4.90 Å². The number of likely N-dealkylation sites (N-methyl/N-ethyl adjacent to an activating group) is 1. The Morgan fingerprint density at radius 1 is 0.862 bits per heavy atom. The van der Waals surface area contributed by atoms with Crippen LogP contribution in [0.15, 0.2) is 78.9 Å². The summed E-state index contributed by atoms with van der Waals surface area (Å²) in [6, 6.07) is 24.5. The lowest BCUT2D eigenvalue weighted by atomic mass is 10.0. The summed E-state index contributed by atoms with van der Waals surface area (Å²) in [6.07, 6.45) is 0. The van der Waals surface area contributed by atoms with E-state index >= 15 is 0 Å². The van der Waals surface area contributed by atoms with Gasteiger partial charge in [0, 0.05) is 17.8 Å². The van der Waals surface area contributed by atoms with Crippen LogP contribution in [0.25, 0.3) is 11.1 Å². The fourth-order valence-corrected chi connectivity index (χ4v) is 2.99. The monoisotopic (exact) mass is 388 g/mol. The van der Waals surface area contributed by atoms with Crippen LogP contribution in [0, 0.1) is 0 Å². The first kappa shape index (κ1) is 20.1. The zero-order valence-electron chi connectivity index (χ0n) is 16.6. The number of nitrogens with zero attached hydrogens (tertiary/aromatic N) is 1. The molecule has 5 nitrogen and oxygen atoms in total. The molecular formula is C24H24N2O3. The quantitative estimate of drug-likeness (QED) is 0.650. The van der Waals surface area contributed by atoms with Crippen molar-refractivity contribution in [3.63, 3.8) is 0 Å². The van der Waals surface area contributed by atoms with Crippen molar-refractivity contribution in [1.29, 1.82) is 0 Å².